The maximum atomic E-state index is 12.1. The van der Waals surface area contributed by atoms with Crippen molar-refractivity contribution in [2.75, 3.05) is 13.7 Å². The number of carbonyl (C=O) groups excluding carboxylic acids is 1. The van der Waals surface area contributed by atoms with Gasteiger partial charge in [-0.05, 0) is 29.8 Å². The molecule has 0 spiro atoms. The predicted molar refractivity (Wildman–Crippen MR) is 78.8 cm³/mol. The third kappa shape index (κ3) is 4.57. The largest absolute Gasteiger partial charge is 0.508 e. The van der Waals surface area contributed by atoms with Crippen LogP contribution in [-0.4, -0.2) is 29.7 Å². The fraction of sp³-hybridized carbons (Fsp3) is 0.250. The van der Waals surface area contributed by atoms with Gasteiger partial charge in [0, 0.05) is 13.3 Å². The molecule has 0 aliphatic carbocycles. The average molecular weight is 286 g/mol. The molecule has 110 valence electrons. The van der Waals surface area contributed by atoms with Crippen LogP contribution in [0, 0.1) is 0 Å². The van der Waals surface area contributed by atoms with Crippen LogP contribution in [0.25, 0.3) is 0 Å². The van der Waals surface area contributed by atoms with E-state index < -0.39 is 0 Å². The van der Waals surface area contributed by atoms with Crippen LogP contribution in [-0.2, 0) is 16.0 Å². The van der Waals surface area contributed by atoms with Gasteiger partial charge in [0.1, 0.15) is 5.75 Å². The molecule has 2 aromatic rings. The molecule has 2 N–H and O–H groups in total. The second kappa shape index (κ2) is 7.40. The Hall–Kier alpha value is -2.40. The Balaban J connectivity index is 2.02. The van der Waals surface area contributed by atoms with Gasteiger partial charge in [-0.3, -0.25) is 9.78 Å². The summed E-state index contributed by atoms with van der Waals surface area (Å²) in [6, 6.07) is 11.9. The summed E-state index contributed by atoms with van der Waals surface area (Å²) in [5.74, 6) is 0.00627. The van der Waals surface area contributed by atoms with Crippen molar-refractivity contribution < 1.29 is 14.6 Å². The van der Waals surface area contributed by atoms with Crippen LogP contribution in [0.2, 0.25) is 0 Å². The van der Waals surface area contributed by atoms with Gasteiger partial charge in [0.25, 0.3) is 0 Å². The Morgan fingerprint density at radius 3 is 2.86 bits per heavy atom. The number of amides is 1. The molecule has 1 heterocycles. The molecular weight excluding hydrogens is 268 g/mol. The summed E-state index contributed by atoms with van der Waals surface area (Å²) in [4.78, 5) is 16.3. The molecule has 1 amide bonds. The lowest BCUT2D eigenvalue weighted by Gasteiger charge is -2.17. The zero-order chi connectivity index (χ0) is 15.1. The molecule has 0 saturated heterocycles. The van der Waals surface area contributed by atoms with Crippen molar-refractivity contribution >= 4 is 5.91 Å². The maximum Gasteiger partial charge on any atom is 0.225 e. The highest BCUT2D eigenvalue weighted by Gasteiger charge is 2.15. The number of phenols is 1. The standard InChI is InChI=1S/C16H18N2O3/c1-21-11-15(14-7-2-3-8-17-14)18-16(20)10-12-5-4-6-13(19)9-12/h2-9,15,19H,10-11H2,1H3,(H,18,20)/t15-/m0/s1. The normalized spacial score (nSPS) is 11.9. The molecule has 1 aromatic carbocycles. The van der Waals surface area contributed by atoms with E-state index in [0.717, 1.165) is 11.3 Å². The van der Waals surface area contributed by atoms with Gasteiger partial charge in [-0.25, -0.2) is 0 Å². The summed E-state index contributed by atoms with van der Waals surface area (Å²) in [5.41, 5.74) is 1.51. The fourth-order valence-electron chi connectivity index (χ4n) is 2.05. The van der Waals surface area contributed by atoms with Gasteiger partial charge in [0.05, 0.1) is 24.8 Å². The van der Waals surface area contributed by atoms with E-state index in [1.165, 1.54) is 0 Å². The molecule has 0 aliphatic rings. The number of rotatable bonds is 6. The SMILES string of the molecule is COC[C@H](NC(=O)Cc1cccc(O)c1)c1ccccn1. The monoisotopic (exact) mass is 286 g/mol. The van der Waals surface area contributed by atoms with Crippen molar-refractivity contribution in [1.29, 1.82) is 0 Å². The van der Waals surface area contributed by atoms with Crippen molar-refractivity contribution in [1.82, 2.24) is 10.3 Å². The zero-order valence-electron chi connectivity index (χ0n) is 11.8. The van der Waals surface area contributed by atoms with E-state index >= 15 is 0 Å². The lowest BCUT2D eigenvalue weighted by Crippen LogP contribution is -2.33. The van der Waals surface area contributed by atoms with Crippen LogP contribution in [0.3, 0.4) is 0 Å². The summed E-state index contributed by atoms with van der Waals surface area (Å²) >= 11 is 0. The lowest BCUT2D eigenvalue weighted by atomic mass is 10.1. The number of phenolic OH excluding ortho intramolecular Hbond substituents is 1. The molecular formula is C16H18N2O3. The Labute approximate surface area is 123 Å². The summed E-state index contributed by atoms with van der Waals surface area (Å²) in [6.45, 7) is 0.350. The van der Waals surface area contributed by atoms with Crippen LogP contribution in [0.1, 0.15) is 17.3 Å². The molecule has 0 saturated carbocycles. The number of carbonyl (C=O) groups is 1. The molecule has 0 bridgehead atoms. The molecule has 2 rings (SSSR count). The third-order valence-corrected chi connectivity index (χ3v) is 2.99. The minimum absolute atomic E-state index is 0.145. The van der Waals surface area contributed by atoms with Gasteiger partial charge in [0.2, 0.25) is 5.91 Å². The number of pyridine rings is 1. The number of benzene rings is 1. The van der Waals surface area contributed by atoms with Crippen molar-refractivity contribution in [2.45, 2.75) is 12.5 Å². The molecule has 21 heavy (non-hydrogen) atoms. The number of hydrogen-bond acceptors (Lipinski definition) is 4. The highest BCUT2D eigenvalue weighted by atomic mass is 16.5. The molecule has 5 heteroatoms. The van der Waals surface area contributed by atoms with Crippen LogP contribution in [0.4, 0.5) is 0 Å². The highest BCUT2D eigenvalue weighted by Crippen LogP contribution is 2.13. The number of hydrogen-bond donors (Lipinski definition) is 2. The van der Waals surface area contributed by atoms with Gasteiger partial charge < -0.3 is 15.2 Å². The van der Waals surface area contributed by atoms with Gasteiger partial charge in [-0.1, -0.05) is 18.2 Å². The Morgan fingerprint density at radius 1 is 1.33 bits per heavy atom. The van der Waals surface area contributed by atoms with E-state index in [4.69, 9.17) is 4.74 Å². The van der Waals surface area contributed by atoms with E-state index in [1.54, 1.807) is 37.6 Å². The smallest absolute Gasteiger partial charge is 0.225 e. The lowest BCUT2D eigenvalue weighted by molar-refractivity contribution is -0.121. The topological polar surface area (TPSA) is 71.5 Å². The number of ether oxygens (including phenoxy) is 1. The van der Waals surface area contributed by atoms with Gasteiger partial charge in [-0.2, -0.15) is 0 Å². The number of methoxy groups -OCH3 is 1. The van der Waals surface area contributed by atoms with Gasteiger partial charge in [-0.15, -0.1) is 0 Å². The first-order valence-electron chi connectivity index (χ1n) is 6.66. The van der Waals surface area contributed by atoms with Crippen LogP contribution < -0.4 is 5.32 Å². The molecule has 0 radical (unpaired) electrons. The second-order valence-corrected chi connectivity index (χ2v) is 4.68. The Bertz CT molecular complexity index is 587. The van der Waals surface area contributed by atoms with Gasteiger partial charge >= 0.3 is 0 Å². The summed E-state index contributed by atoms with van der Waals surface area (Å²) in [6.07, 6.45) is 1.88. The summed E-state index contributed by atoms with van der Waals surface area (Å²) in [7, 11) is 1.58. The molecule has 0 unspecified atom stereocenters. The van der Waals surface area contributed by atoms with Crippen molar-refractivity contribution in [2.24, 2.45) is 0 Å². The number of aromatic nitrogens is 1. The van der Waals surface area contributed by atoms with Crippen LogP contribution in [0.5, 0.6) is 5.75 Å². The first kappa shape index (κ1) is 15.0. The molecule has 1 atom stereocenters. The predicted octanol–water partition coefficient (Wildman–Crippen LogP) is 1.83. The maximum absolute atomic E-state index is 12.1. The summed E-state index contributed by atoms with van der Waals surface area (Å²) in [5, 5.41) is 12.3. The first-order valence-corrected chi connectivity index (χ1v) is 6.66. The van der Waals surface area contributed by atoms with E-state index in [9.17, 15) is 9.90 Å². The third-order valence-electron chi connectivity index (χ3n) is 2.99. The molecule has 0 aliphatic heterocycles. The highest BCUT2D eigenvalue weighted by molar-refractivity contribution is 5.79. The van der Waals surface area contributed by atoms with Crippen LogP contribution >= 0.6 is 0 Å². The molecule has 1 aromatic heterocycles. The van der Waals surface area contributed by atoms with Gasteiger partial charge in [0.15, 0.2) is 0 Å². The van der Waals surface area contributed by atoms with E-state index in [0.29, 0.717) is 6.61 Å². The van der Waals surface area contributed by atoms with E-state index in [1.807, 2.05) is 18.2 Å². The van der Waals surface area contributed by atoms with Crippen LogP contribution in [0.15, 0.2) is 48.7 Å². The molecule has 5 nitrogen and oxygen atoms in total. The van der Waals surface area contributed by atoms with Crippen molar-refractivity contribution in [3.05, 3.63) is 59.9 Å². The minimum Gasteiger partial charge on any atom is -0.508 e. The van der Waals surface area contributed by atoms with E-state index in [-0.39, 0.29) is 24.1 Å². The molecule has 0 fully saturated rings. The second-order valence-electron chi connectivity index (χ2n) is 4.68. The average Bonchev–Trinajstić information content (AvgIpc) is 2.47. The zero-order valence-corrected chi connectivity index (χ0v) is 11.8. The number of nitrogens with one attached hydrogen (secondary N) is 1. The van der Waals surface area contributed by atoms with Crippen molar-refractivity contribution in [3.63, 3.8) is 0 Å². The minimum atomic E-state index is -0.291. The quantitative estimate of drug-likeness (QED) is 0.850. The first-order chi connectivity index (χ1) is 10.2. The number of aromatic hydroxyl groups is 1. The number of nitrogens with zero attached hydrogens (tertiary/aromatic N) is 1. The van der Waals surface area contributed by atoms with E-state index in [2.05, 4.69) is 10.3 Å². The van der Waals surface area contributed by atoms with Crippen molar-refractivity contribution in [3.8, 4) is 5.75 Å². The fourth-order valence-corrected chi connectivity index (χ4v) is 2.05. The Kier molecular flexibility index (Phi) is 5.29. The summed E-state index contributed by atoms with van der Waals surface area (Å²) < 4.78 is 5.13. The Morgan fingerprint density at radius 2 is 2.19 bits per heavy atom.